The van der Waals surface area contributed by atoms with Crippen molar-refractivity contribution in [3.05, 3.63) is 129 Å². The number of hydrogen-bond acceptors (Lipinski definition) is 2. The zero-order valence-corrected chi connectivity index (χ0v) is 31.8. The summed E-state index contributed by atoms with van der Waals surface area (Å²) in [7, 11) is 0. The molecule has 4 aromatic rings. The van der Waals surface area contributed by atoms with Crippen molar-refractivity contribution < 1.29 is 0 Å². The highest BCUT2D eigenvalue weighted by molar-refractivity contribution is 5.50. The van der Waals surface area contributed by atoms with Gasteiger partial charge in [0.15, 0.2) is 0 Å². The Morgan fingerprint density at radius 1 is 0.320 bits per heavy atom. The molecule has 4 rings (SSSR count). The summed E-state index contributed by atoms with van der Waals surface area (Å²) in [6.45, 7) is 4.54. The number of anilines is 2. The maximum atomic E-state index is 6.30. The Labute approximate surface area is 306 Å². The predicted octanol–water partition coefficient (Wildman–Crippen LogP) is 13.2. The minimum atomic E-state index is 0.952. The van der Waals surface area contributed by atoms with E-state index in [2.05, 4.69) is 98.8 Å². The monoisotopic (exact) mass is 673 g/mol. The highest BCUT2D eigenvalue weighted by atomic mass is 14.6. The molecule has 2 nitrogen and oxygen atoms in total. The Kier molecular flexibility index (Phi) is 18.1. The molecular formula is C48H68N2. The fourth-order valence-electron chi connectivity index (χ4n) is 7.29. The van der Waals surface area contributed by atoms with Gasteiger partial charge in [0.1, 0.15) is 0 Å². The smallest absolute Gasteiger partial charge is 0.0346 e. The van der Waals surface area contributed by atoms with Crippen molar-refractivity contribution in [1.82, 2.24) is 0 Å². The molecule has 0 fully saturated rings. The predicted molar refractivity (Wildman–Crippen MR) is 220 cm³/mol. The first-order chi connectivity index (χ1) is 24.5. The Morgan fingerprint density at radius 2 is 0.620 bits per heavy atom. The zero-order chi connectivity index (χ0) is 35.2. The maximum Gasteiger partial charge on any atom is 0.0346 e. The van der Waals surface area contributed by atoms with Crippen LogP contribution < -0.4 is 11.5 Å². The van der Waals surface area contributed by atoms with E-state index in [-0.39, 0.29) is 0 Å². The fourth-order valence-corrected chi connectivity index (χ4v) is 7.29. The summed E-state index contributed by atoms with van der Waals surface area (Å²) >= 11 is 0. The Bertz CT molecular complexity index is 1370. The number of nitrogens with two attached hydrogens (primary N) is 2. The van der Waals surface area contributed by atoms with Crippen molar-refractivity contribution in [2.75, 3.05) is 11.5 Å². The van der Waals surface area contributed by atoms with Crippen LogP contribution in [0.4, 0.5) is 11.4 Å². The van der Waals surface area contributed by atoms with Gasteiger partial charge >= 0.3 is 0 Å². The molecule has 0 amide bonds. The minimum absolute atomic E-state index is 0.952. The van der Waals surface area contributed by atoms with Crippen molar-refractivity contribution in [1.29, 1.82) is 0 Å². The number of rotatable bonds is 25. The molecule has 4 N–H and O–H groups in total. The van der Waals surface area contributed by atoms with Gasteiger partial charge in [-0.15, -0.1) is 0 Å². The number of hydrogen-bond donors (Lipinski definition) is 2. The molecule has 0 unspecified atom stereocenters. The topological polar surface area (TPSA) is 52.0 Å². The van der Waals surface area contributed by atoms with E-state index < -0.39 is 0 Å². The molecule has 270 valence electrons. The summed E-state index contributed by atoms with van der Waals surface area (Å²) in [6.07, 6.45) is 27.5. The van der Waals surface area contributed by atoms with Crippen LogP contribution in [0.1, 0.15) is 161 Å². The van der Waals surface area contributed by atoms with Crippen molar-refractivity contribution >= 4 is 11.4 Å². The Balaban J connectivity index is 1.06. The first-order valence-corrected chi connectivity index (χ1v) is 20.4. The van der Waals surface area contributed by atoms with Crippen LogP contribution in [0.5, 0.6) is 0 Å². The summed E-state index contributed by atoms with van der Waals surface area (Å²) in [5.74, 6) is 0. The van der Waals surface area contributed by atoms with Crippen LogP contribution in [0.15, 0.2) is 84.9 Å². The van der Waals surface area contributed by atoms with Gasteiger partial charge < -0.3 is 11.5 Å². The molecule has 0 saturated heterocycles. The second-order valence-electron chi connectivity index (χ2n) is 15.0. The van der Waals surface area contributed by atoms with E-state index >= 15 is 0 Å². The SMILES string of the molecule is CCCCCCCc1cc(Cc2ccc(CCCCCCCCc3ccc(Cc4ccc(N)c(CCCCCCC)c4)cc3)cc2)ccc1N. The largest absolute Gasteiger partial charge is 0.399 e. The third kappa shape index (κ3) is 14.8. The van der Waals surface area contributed by atoms with Crippen molar-refractivity contribution in [2.45, 2.75) is 155 Å². The molecule has 0 aliphatic carbocycles. The second kappa shape index (κ2) is 23.0. The summed E-state index contributed by atoms with van der Waals surface area (Å²) in [6, 6.07) is 32.0. The summed E-state index contributed by atoms with van der Waals surface area (Å²) in [5.41, 5.74) is 25.6. The van der Waals surface area contributed by atoms with E-state index in [4.69, 9.17) is 11.5 Å². The number of aryl methyl sites for hydroxylation is 4. The van der Waals surface area contributed by atoms with Gasteiger partial charge in [0, 0.05) is 11.4 Å². The zero-order valence-electron chi connectivity index (χ0n) is 31.8. The number of nitrogen functional groups attached to an aromatic ring is 2. The van der Waals surface area contributed by atoms with Gasteiger partial charge in [-0.3, -0.25) is 0 Å². The summed E-state index contributed by atoms with van der Waals surface area (Å²) in [5, 5.41) is 0. The molecule has 0 aromatic heterocycles. The van der Waals surface area contributed by atoms with Crippen molar-refractivity contribution in [3.8, 4) is 0 Å². The molecule has 0 spiro atoms. The third-order valence-corrected chi connectivity index (χ3v) is 10.6. The first kappa shape index (κ1) is 39.3. The Hall–Kier alpha value is -3.52. The van der Waals surface area contributed by atoms with E-state index in [0.29, 0.717) is 0 Å². The number of unbranched alkanes of at least 4 members (excludes halogenated alkanes) is 13. The van der Waals surface area contributed by atoms with Crippen LogP contribution in [0, 0.1) is 0 Å². The first-order valence-electron chi connectivity index (χ1n) is 20.4. The lowest BCUT2D eigenvalue weighted by atomic mass is 9.97. The minimum Gasteiger partial charge on any atom is -0.399 e. The van der Waals surface area contributed by atoms with Crippen molar-refractivity contribution in [3.63, 3.8) is 0 Å². The molecule has 0 atom stereocenters. The van der Waals surface area contributed by atoms with Crippen molar-refractivity contribution in [2.24, 2.45) is 0 Å². The lowest BCUT2D eigenvalue weighted by Crippen LogP contribution is -1.98. The highest BCUT2D eigenvalue weighted by Crippen LogP contribution is 2.22. The van der Waals surface area contributed by atoms with E-state index in [1.807, 2.05) is 0 Å². The molecule has 0 saturated carbocycles. The van der Waals surface area contributed by atoms with Gasteiger partial charge in [0.05, 0.1) is 0 Å². The molecule has 0 aliphatic heterocycles. The van der Waals surface area contributed by atoms with Gasteiger partial charge in [-0.2, -0.15) is 0 Å². The van der Waals surface area contributed by atoms with E-state index in [1.165, 1.54) is 160 Å². The van der Waals surface area contributed by atoms with Gasteiger partial charge in [0.2, 0.25) is 0 Å². The van der Waals surface area contributed by atoms with Crippen LogP contribution in [0.3, 0.4) is 0 Å². The van der Waals surface area contributed by atoms with Crippen LogP contribution in [0.2, 0.25) is 0 Å². The normalized spacial score (nSPS) is 11.3. The molecule has 4 aromatic carbocycles. The fraction of sp³-hybridized carbons (Fsp3) is 0.500. The highest BCUT2D eigenvalue weighted by Gasteiger charge is 2.06. The summed E-state index contributed by atoms with van der Waals surface area (Å²) in [4.78, 5) is 0. The average molecular weight is 673 g/mol. The molecule has 2 heteroatoms. The Morgan fingerprint density at radius 3 is 1.00 bits per heavy atom. The van der Waals surface area contributed by atoms with E-state index in [9.17, 15) is 0 Å². The lowest BCUT2D eigenvalue weighted by molar-refractivity contribution is 0.594. The average Bonchev–Trinajstić information content (AvgIpc) is 3.13. The lowest BCUT2D eigenvalue weighted by Gasteiger charge is -2.10. The van der Waals surface area contributed by atoms with Crippen LogP contribution in [-0.2, 0) is 38.5 Å². The molecule has 0 heterocycles. The molecule has 0 bridgehead atoms. The quantitative estimate of drug-likeness (QED) is 0.0544. The van der Waals surface area contributed by atoms with E-state index in [1.54, 1.807) is 0 Å². The van der Waals surface area contributed by atoms with Crippen LogP contribution in [-0.4, -0.2) is 0 Å². The number of benzene rings is 4. The van der Waals surface area contributed by atoms with Gasteiger partial charge in [-0.05, 0) is 121 Å². The maximum absolute atomic E-state index is 6.30. The van der Waals surface area contributed by atoms with Gasteiger partial charge in [-0.25, -0.2) is 0 Å². The summed E-state index contributed by atoms with van der Waals surface area (Å²) < 4.78 is 0. The molecular weight excluding hydrogens is 605 g/mol. The second-order valence-corrected chi connectivity index (χ2v) is 15.0. The van der Waals surface area contributed by atoms with Crippen LogP contribution >= 0.6 is 0 Å². The standard InChI is InChI=1S/C48H68N2/c1-3-5-7-11-17-21-45-37-43(31-33-47(45)49)35-41-27-23-39(24-28-41)19-15-13-9-10-14-16-20-40-25-29-42(30-26-40)36-44-32-34-48(50)46(38-44)22-18-12-8-6-4-2/h23-34,37-38H,3-22,35-36,49-50H2,1-2H3. The molecule has 0 aliphatic rings. The molecule has 50 heavy (non-hydrogen) atoms. The van der Waals surface area contributed by atoms with Crippen LogP contribution in [0.25, 0.3) is 0 Å². The van der Waals surface area contributed by atoms with E-state index in [0.717, 1.165) is 37.1 Å². The molecule has 0 radical (unpaired) electrons. The third-order valence-electron chi connectivity index (χ3n) is 10.6. The van der Waals surface area contributed by atoms with Gasteiger partial charge in [0.25, 0.3) is 0 Å². The van der Waals surface area contributed by atoms with Gasteiger partial charge in [-0.1, -0.05) is 164 Å².